The van der Waals surface area contributed by atoms with E-state index in [1.807, 2.05) is 7.05 Å². The van der Waals surface area contributed by atoms with Gasteiger partial charge in [0.2, 0.25) is 0 Å². The highest BCUT2D eigenvalue weighted by Crippen LogP contribution is 2.31. The van der Waals surface area contributed by atoms with Crippen molar-refractivity contribution >= 4 is 0 Å². The average molecular weight is 207 g/mol. The Balaban J connectivity index is 2.42. The number of ether oxygens (including phenoxy) is 1. The highest BCUT2D eigenvalue weighted by molar-refractivity contribution is 4.86. The van der Waals surface area contributed by atoms with Crippen molar-refractivity contribution in [3.05, 3.63) is 0 Å². The molecule has 1 aliphatic rings. The standard InChI is InChI=1S/C10H19F2NO/c1-13-8-10(14-7-9(11)12)5-3-2-4-6-10/h9,13H,2-8H2,1H3. The minimum atomic E-state index is -2.36. The largest absolute Gasteiger partial charge is 0.368 e. The number of likely N-dealkylation sites (N-methyl/N-ethyl adjacent to an activating group) is 1. The highest BCUT2D eigenvalue weighted by Gasteiger charge is 2.32. The van der Waals surface area contributed by atoms with E-state index >= 15 is 0 Å². The smallest absolute Gasteiger partial charge is 0.261 e. The molecule has 0 aliphatic heterocycles. The van der Waals surface area contributed by atoms with E-state index in [0.29, 0.717) is 6.54 Å². The van der Waals surface area contributed by atoms with Gasteiger partial charge in [-0.15, -0.1) is 0 Å². The summed E-state index contributed by atoms with van der Waals surface area (Å²) in [6.07, 6.45) is 2.83. The van der Waals surface area contributed by atoms with Crippen molar-refractivity contribution < 1.29 is 13.5 Å². The fourth-order valence-corrected chi connectivity index (χ4v) is 2.13. The maximum absolute atomic E-state index is 12.1. The zero-order valence-electron chi connectivity index (χ0n) is 8.69. The van der Waals surface area contributed by atoms with Crippen LogP contribution in [-0.2, 0) is 4.74 Å². The molecule has 0 amide bonds. The molecule has 2 nitrogen and oxygen atoms in total. The molecule has 4 heteroatoms. The third-order valence-electron chi connectivity index (χ3n) is 2.78. The number of hydrogen-bond acceptors (Lipinski definition) is 2. The van der Waals surface area contributed by atoms with Crippen LogP contribution in [0.2, 0.25) is 0 Å². The lowest BCUT2D eigenvalue weighted by Crippen LogP contribution is -2.44. The molecular formula is C10H19F2NO. The van der Waals surface area contributed by atoms with Crippen LogP contribution in [0.5, 0.6) is 0 Å². The second-order valence-electron chi connectivity index (χ2n) is 3.98. The first-order valence-corrected chi connectivity index (χ1v) is 5.25. The van der Waals surface area contributed by atoms with Crippen LogP contribution < -0.4 is 5.32 Å². The van der Waals surface area contributed by atoms with Crippen molar-refractivity contribution in [1.29, 1.82) is 0 Å². The number of hydrogen-bond donors (Lipinski definition) is 1. The Kier molecular flexibility index (Phi) is 4.75. The number of nitrogens with one attached hydrogen (secondary N) is 1. The third kappa shape index (κ3) is 3.50. The van der Waals surface area contributed by atoms with Gasteiger partial charge in [-0.3, -0.25) is 0 Å². The van der Waals surface area contributed by atoms with Crippen molar-refractivity contribution in [2.75, 3.05) is 20.2 Å². The molecule has 1 N–H and O–H groups in total. The minimum absolute atomic E-state index is 0.330. The first-order valence-electron chi connectivity index (χ1n) is 5.25. The fourth-order valence-electron chi connectivity index (χ4n) is 2.13. The molecule has 1 saturated carbocycles. The first kappa shape index (κ1) is 11.9. The van der Waals surface area contributed by atoms with E-state index in [1.54, 1.807) is 0 Å². The summed E-state index contributed by atoms with van der Waals surface area (Å²) >= 11 is 0. The molecular weight excluding hydrogens is 188 g/mol. The molecule has 1 rings (SSSR count). The molecule has 0 unspecified atom stereocenters. The Morgan fingerprint density at radius 2 is 1.93 bits per heavy atom. The number of halogens is 2. The van der Waals surface area contributed by atoms with E-state index < -0.39 is 13.0 Å². The second kappa shape index (κ2) is 5.61. The summed E-state index contributed by atoms with van der Waals surface area (Å²) in [4.78, 5) is 0. The van der Waals surface area contributed by atoms with Crippen LogP contribution in [0.15, 0.2) is 0 Å². The normalized spacial score (nSPS) is 21.4. The van der Waals surface area contributed by atoms with Crippen LogP contribution in [0.1, 0.15) is 32.1 Å². The Morgan fingerprint density at radius 3 is 2.43 bits per heavy atom. The van der Waals surface area contributed by atoms with Crippen LogP contribution in [-0.4, -0.2) is 32.2 Å². The Morgan fingerprint density at radius 1 is 1.29 bits per heavy atom. The molecule has 0 atom stereocenters. The van der Waals surface area contributed by atoms with Gasteiger partial charge in [0.05, 0.1) is 5.60 Å². The predicted molar refractivity (Wildman–Crippen MR) is 51.7 cm³/mol. The summed E-state index contributed by atoms with van der Waals surface area (Å²) in [5.41, 5.74) is -0.330. The Bertz CT molecular complexity index is 153. The lowest BCUT2D eigenvalue weighted by atomic mass is 9.84. The van der Waals surface area contributed by atoms with Gasteiger partial charge < -0.3 is 10.1 Å². The molecule has 1 aliphatic carbocycles. The molecule has 1 fully saturated rings. The molecule has 84 valence electrons. The Labute approximate surface area is 84.0 Å². The van der Waals surface area contributed by atoms with Crippen LogP contribution in [0.3, 0.4) is 0 Å². The van der Waals surface area contributed by atoms with E-state index in [9.17, 15) is 8.78 Å². The molecule has 0 aromatic rings. The summed E-state index contributed by atoms with van der Waals surface area (Å²) in [7, 11) is 1.84. The Hall–Kier alpha value is -0.220. The summed E-state index contributed by atoms with van der Waals surface area (Å²) < 4.78 is 29.5. The molecule has 0 aromatic heterocycles. The summed E-state index contributed by atoms with van der Waals surface area (Å²) in [6, 6.07) is 0. The van der Waals surface area contributed by atoms with Crippen molar-refractivity contribution in [2.45, 2.75) is 44.1 Å². The van der Waals surface area contributed by atoms with Gasteiger partial charge in [0, 0.05) is 6.54 Å². The van der Waals surface area contributed by atoms with Gasteiger partial charge >= 0.3 is 0 Å². The fraction of sp³-hybridized carbons (Fsp3) is 1.00. The van der Waals surface area contributed by atoms with Gasteiger partial charge in [-0.25, -0.2) is 8.78 Å². The van der Waals surface area contributed by atoms with Gasteiger partial charge in [0.25, 0.3) is 6.43 Å². The van der Waals surface area contributed by atoms with Gasteiger partial charge in [-0.05, 0) is 19.9 Å². The molecule has 0 heterocycles. The maximum atomic E-state index is 12.1. The zero-order valence-corrected chi connectivity index (χ0v) is 8.69. The van der Waals surface area contributed by atoms with Crippen LogP contribution in [0, 0.1) is 0 Å². The van der Waals surface area contributed by atoms with Crippen LogP contribution in [0.25, 0.3) is 0 Å². The van der Waals surface area contributed by atoms with E-state index in [4.69, 9.17) is 4.74 Å². The molecule has 0 aromatic carbocycles. The van der Waals surface area contributed by atoms with E-state index in [-0.39, 0.29) is 5.60 Å². The van der Waals surface area contributed by atoms with Gasteiger partial charge in [0.15, 0.2) is 0 Å². The molecule has 0 radical (unpaired) electrons. The van der Waals surface area contributed by atoms with Crippen LogP contribution >= 0.6 is 0 Å². The first-order chi connectivity index (χ1) is 6.68. The minimum Gasteiger partial charge on any atom is -0.368 e. The topological polar surface area (TPSA) is 21.3 Å². The van der Waals surface area contributed by atoms with E-state index in [2.05, 4.69) is 5.32 Å². The lowest BCUT2D eigenvalue weighted by molar-refractivity contribution is -0.104. The van der Waals surface area contributed by atoms with Crippen molar-refractivity contribution in [3.63, 3.8) is 0 Å². The van der Waals surface area contributed by atoms with Gasteiger partial charge in [0.1, 0.15) is 6.61 Å². The van der Waals surface area contributed by atoms with Crippen molar-refractivity contribution in [3.8, 4) is 0 Å². The van der Waals surface area contributed by atoms with E-state index in [1.165, 1.54) is 6.42 Å². The predicted octanol–water partition coefficient (Wildman–Crippen LogP) is 2.19. The summed E-state index contributed by atoms with van der Waals surface area (Å²) in [6.45, 7) is 0.251. The molecule has 14 heavy (non-hydrogen) atoms. The highest BCUT2D eigenvalue weighted by atomic mass is 19.3. The summed E-state index contributed by atoms with van der Waals surface area (Å²) in [5, 5.41) is 3.03. The maximum Gasteiger partial charge on any atom is 0.261 e. The molecule has 0 spiro atoms. The monoisotopic (exact) mass is 207 g/mol. The van der Waals surface area contributed by atoms with E-state index in [0.717, 1.165) is 25.7 Å². The summed E-state index contributed by atoms with van der Waals surface area (Å²) in [5.74, 6) is 0. The third-order valence-corrected chi connectivity index (χ3v) is 2.78. The second-order valence-corrected chi connectivity index (χ2v) is 3.98. The average Bonchev–Trinajstić information content (AvgIpc) is 2.17. The van der Waals surface area contributed by atoms with Gasteiger partial charge in [-0.2, -0.15) is 0 Å². The van der Waals surface area contributed by atoms with Gasteiger partial charge in [-0.1, -0.05) is 19.3 Å². The van der Waals surface area contributed by atoms with Crippen LogP contribution in [0.4, 0.5) is 8.78 Å². The van der Waals surface area contributed by atoms with Crippen molar-refractivity contribution in [2.24, 2.45) is 0 Å². The molecule has 0 bridgehead atoms. The lowest BCUT2D eigenvalue weighted by Gasteiger charge is -2.37. The SMILES string of the molecule is CNCC1(OCC(F)F)CCCCC1. The zero-order chi connectivity index (χ0) is 10.4. The quantitative estimate of drug-likeness (QED) is 0.746. The van der Waals surface area contributed by atoms with Crippen molar-refractivity contribution in [1.82, 2.24) is 5.32 Å². The number of alkyl halides is 2. The molecule has 0 saturated heterocycles. The number of rotatable bonds is 5.